The molecule has 0 saturated heterocycles. The van der Waals surface area contributed by atoms with Gasteiger partial charge in [0.2, 0.25) is 5.95 Å². The number of hydrogen-bond donors (Lipinski definition) is 1. The van der Waals surface area contributed by atoms with Crippen LogP contribution in [0.3, 0.4) is 0 Å². The van der Waals surface area contributed by atoms with Crippen molar-refractivity contribution in [2.24, 2.45) is 0 Å². The average Bonchev–Trinajstić information content (AvgIpc) is 2.96. The lowest BCUT2D eigenvalue weighted by Crippen LogP contribution is -2.07. The number of pyridine rings is 1. The van der Waals surface area contributed by atoms with E-state index in [1.165, 1.54) is 0 Å². The lowest BCUT2D eigenvalue weighted by Gasteiger charge is -2.08. The van der Waals surface area contributed by atoms with Crippen LogP contribution in [-0.4, -0.2) is 19.6 Å². The van der Waals surface area contributed by atoms with Crippen LogP contribution >= 0.6 is 11.3 Å². The molecule has 1 unspecified atom stereocenters. The second-order valence-electron chi connectivity index (χ2n) is 4.57. The molecule has 6 heteroatoms. The average molecular weight is 273 g/mol. The topological polar surface area (TPSA) is 55.1 Å². The van der Waals surface area contributed by atoms with Crippen LogP contribution in [0.15, 0.2) is 23.6 Å². The Kier molecular flexibility index (Phi) is 2.94. The van der Waals surface area contributed by atoms with Gasteiger partial charge in [-0.1, -0.05) is 6.07 Å². The highest BCUT2D eigenvalue weighted by Gasteiger charge is 2.12. The van der Waals surface area contributed by atoms with Gasteiger partial charge in [-0.3, -0.25) is 0 Å². The molecule has 3 aromatic heterocycles. The second-order valence-corrected chi connectivity index (χ2v) is 5.46. The highest BCUT2D eigenvalue weighted by molar-refractivity contribution is 7.09. The van der Waals surface area contributed by atoms with Crippen molar-refractivity contribution in [3.63, 3.8) is 0 Å². The number of thiazole rings is 1. The Bertz CT molecular complexity index is 715. The van der Waals surface area contributed by atoms with Gasteiger partial charge >= 0.3 is 0 Å². The van der Waals surface area contributed by atoms with Crippen LogP contribution in [0.5, 0.6) is 0 Å². The fourth-order valence-electron chi connectivity index (χ4n) is 1.92. The summed E-state index contributed by atoms with van der Waals surface area (Å²) in [4.78, 5) is 8.94. The molecule has 19 heavy (non-hydrogen) atoms. The molecule has 3 rings (SSSR count). The molecule has 3 heterocycles. The van der Waals surface area contributed by atoms with Crippen molar-refractivity contribution in [2.75, 3.05) is 5.32 Å². The molecule has 0 aliphatic carbocycles. The van der Waals surface area contributed by atoms with Crippen LogP contribution in [0.2, 0.25) is 0 Å². The number of nitrogens with zero attached hydrogens (tertiary/aromatic N) is 4. The van der Waals surface area contributed by atoms with Crippen molar-refractivity contribution in [3.8, 4) is 0 Å². The van der Waals surface area contributed by atoms with Gasteiger partial charge in [-0.05, 0) is 32.9 Å². The smallest absolute Gasteiger partial charge is 0.243 e. The van der Waals surface area contributed by atoms with Gasteiger partial charge in [0.25, 0.3) is 0 Å². The first-order valence-electron chi connectivity index (χ1n) is 6.14. The minimum Gasteiger partial charge on any atom is -0.344 e. The molecule has 0 aromatic carbocycles. The molecule has 98 valence electrons. The van der Waals surface area contributed by atoms with Crippen LogP contribution in [-0.2, 0) is 0 Å². The molecule has 3 aromatic rings. The van der Waals surface area contributed by atoms with Crippen LogP contribution in [0.25, 0.3) is 5.65 Å². The third-order valence-electron chi connectivity index (χ3n) is 2.90. The summed E-state index contributed by atoms with van der Waals surface area (Å²) in [5, 5.41) is 10.8. The summed E-state index contributed by atoms with van der Waals surface area (Å²) in [5.74, 6) is 0.634. The van der Waals surface area contributed by atoms with E-state index in [0.717, 1.165) is 22.0 Å². The predicted octanol–water partition coefficient (Wildman–Crippen LogP) is 2.98. The van der Waals surface area contributed by atoms with Crippen molar-refractivity contribution in [1.82, 2.24) is 19.6 Å². The van der Waals surface area contributed by atoms with Crippen LogP contribution in [0.1, 0.15) is 29.4 Å². The minimum atomic E-state index is 0.108. The quantitative estimate of drug-likeness (QED) is 0.797. The summed E-state index contributed by atoms with van der Waals surface area (Å²) in [5.41, 5.74) is 2.97. The molecule has 0 aliphatic rings. The van der Waals surface area contributed by atoms with Gasteiger partial charge in [-0.15, -0.1) is 16.4 Å². The molecule has 0 aliphatic heterocycles. The summed E-state index contributed by atoms with van der Waals surface area (Å²) in [6.45, 7) is 6.08. The summed E-state index contributed by atoms with van der Waals surface area (Å²) in [6.07, 6.45) is 0. The van der Waals surface area contributed by atoms with E-state index in [1.807, 2.05) is 36.6 Å². The number of aryl methyl sites for hydroxylation is 2. The van der Waals surface area contributed by atoms with Gasteiger partial charge in [-0.2, -0.15) is 4.98 Å². The SMILES string of the molecule is Cc1csc(C(C)Nc2nc3cccc(C)n3n2)n1. The molecule has 0 fully saturated rings. The van der Waals surface area contributed by atoms with Gasteiger partial charge < -0.3 is 5.32 Å². The Labute approximate surface area is 115 Å². The Morgan fingerprint density at radius 1 is 1.26 bits per heavy atom. The van der Waals surface area contributed by atoms with E-state index in [9.17, 15) is 0 Å². The predicted molar refractivity (Wildman–Crippen MR) is 76.6 cm³/mol. The third-order valence-corrected chi connectivity index (χ3v) is 4.05. The number of rotatable bonds is 3. The van der Waals surface area contributed by atoms with E-state index < -0.39 is 0 Å². The van der Waals surface area contributed by atoms with Gasteiger partial charge in [-0.25, -0.2) is 9.50 Å². The monoisotopic (exact) mass is 273 g/mol. The van der Waals surface area contributed by atoms with Gasteiger partial charge in [0.1, 0.15) is 5.01 Å². The highest BCUT2D eigenvalue weighted by Crippen LogP contribution is 2.21. The van der Waals surface area contributed by atoms with Crippen molar-refractivity contribution < 1.29 is 0 Å². The van der Waals surface area contributed by atoms with Crippen molar-refractivity contribution >= 4 is 22.9 Å². The molecular weight excluding hydrogens is 258 g/mol. The molecule has 1 N–H and O–H groups in total. The fourth-order valence-corrected chi connectivity index (χ4v) is 2.73. The second kappa shape index (κ2) is 4.62. The number of fused-ring (bicyclic) bond motifs is 1. The van der Waals surface area contributed by atoms with E-state index in [1.54, 1.807) is 11.3 Å². The molecule has 0 bridgehead atoms. The van der Waals surface area contributed by atoms with E-state index in [2.05, 4.69) is 32.7 Å². The molecule has 1 atom stereocenters. The Hall–Kier alpha value is -1.95. The standard InChI is InChI=1S/C13H15N5S/c1-8-7-19-12(14-8)10(3)15-13-16-11-6-4-5-9(2)18(11)17-13/h4-7,10H,1-3H3,(H,15,17). The normalized spacial score (nSPS) is 12.8. The van der Waals surface area contributed by atoms with Gasteiger partial charge in [0.15, 0.2) is 5.65 Å². The van der Waals surface area contributed by atoms with E-state index in [0.29, 0.717) is 5.95 Å². The largest absolute Gasteiger partial charge is 0.344 e. The summed E-state index contributed by atoms with van der Waals surface area (Å²) in [6, 6.07) is 6.05. The Morgan fingerprint density at radius 2 is 2.11 bits per heavy atom. The first-order valence-corrected chi connectivity index (χ1v) is 7.02. The zero-order chi connectivity index (χ0) is 13.4. The number of hydrogen-bond acceptors (Lipinski definition) is 5. The molecule has 5 nitrogen and oxygen atoms in total. The molecule has 0 saturated carbocycles. The summed E-state index contributed by atoms with van der Waals surface area (Å²) < 4.78 is 1.84. The minimum absolute atomic E-state index is 0.108. The summed E-state index contributed by atoms with van der Waals surface area (Å²) in [7, 11) is 0. The lowest BCUT2D eigenvalue weighted by atomic mass is 10.3. The van der Waals surface area contributed by atoms with Gasteiger partial charge in [0, 0.05) is 16.8 Å². The maximum Gasteiger partial charge on any atom is 0.243 e. The Balaban J connectivity index is 1.87. The maximum absolute atomic E-state index is 4.47. The van der Waals surface area contributed by atoms with E-state index in [-0.39, 0.29) is 6.04 Å². The van der Waals surface area contributed by atoms with Crippen molar-refractivity contribution in [3.05, 3.63) is 40.0 Å². The zero-order valence-corrected chi connectivity index (χ0v) is 11.9. The van der Waals surface area contributed by atoms with Crippen LogP contribution < -0.4 is 5.32 Å². The van der Waals surface area contributed by atoms with Gasteiger partial charge in [0.05, 0.1) is 6.04 Å². The number of anilines is 1. The van der Waals surface area contributed by atoms with Crippen LogP contribution in [0, 0.1) is 13.8 Å². The molecular formula is C13H15N5S. The lowest BCUT2D eigenvalue weighted by molar-refractivity contribution is 0.833. The number of nitrogens with one attached hydrogen (secondary N) is 1. The molecule has 0 radical (unpaired) electrons. The highest BCUT2D eigenvalue weighted by atomic mass is 32.1. The first-order chi connectivity index (χ1) is 9.13. The fraction of sp³-hybridized carbons (Fsp3) is 0.308. The van der Waals surface area contributed by atoms with Crippen LogP contribution in [0.4, 0.5) is 5.95 Å². The molecule has 0 spiro atoms. The maximum atomic E-state index is 4.47. The Morgan fingerprint density at radius 3 is 2.79 bits per heavy atom. The first kappa shape index (κ1) is 12.1. The zero-order valence-electron chi connectivity index (χ0n) is 11.1. The van der Waals surface area contributed by atoms with E-state index >= 15 is 0 Å². The summed E-state index contributed by atoms with van der Waals surface area (Å²) >= 11 is 1.65. The molecule has 0 amide bonds. The number of aromatic nitrogens is 4. The van der Waals surface area contributed by atoms with E-state index in [4.69, 9.17) is 0 Å². The van der Waals surface area contributed by atoms with Crippen molar-refractivity contribution in [2.45, 2.75) is 26.8 Å². The van der Waals surface area contributed by atoms with Crippen molar-refractivity contribution in [1.29, 1.82) is 0 Å². The third kappa shape index (κ3) is 2.31.